The van der Waals surface area contributed by atoms with Gasteiger partial charge in [-0.1, -0.05) is 83.9 Å². The molecule has 0 bridgehead atoms. The minimum atomic E-state index is 0.816. The van der Waals surface area contributed by atoms with E-state index in [0.29, 0.717) is 0 Å². The Balaban J connectivity index is 1.04. The fourth-order valence-corrected chi connectivity index (χ4v) is 8.27. The highest BCUT2D eigenvalue weighted by Crippen LogP contribution is 2.44. The molecule has 0 radical (unpaired) electrons. The fourth-order valence-electron chi connectivity index (χ4n) is 8.27. The summed E-state index contributed by atoms with van der Waals surface area (Å²) >= 11 is 0. The van der Waals surface area contributed by atoms with E-state index >= 15 is 0 Å². The average molecular weight is 721 g/mol. The quantitative estimate of drug-likeness (QED) is 0.171. The van der Waals surface area contributed by atoms with Crippen LogP contribution in [0.15, 0.2) is 191 Å². The first-order valence-corrected chi connectivity index (χ1v) is 19.1. The molecule has 2 heterocycles. The largest absolute Gasteiger partial charge is 0.456 e. The molecule has 2 aromatic heterocycles. The van der Waals surface area contributed by atoms with E-state index in [9.17, 15) is 0 Å². The normalized spacial score (nSPS) is 11.8. The van der Waals surface area contributed by atoms with Gasteiger partial charge in [-0.2, -0.15) is 0 Å². The number of rotatable bonds is 6. The van der Waals surface area contributed by atoms with Gasteiger partial charge in [0.25, 0.3) is 0 Å². The maximum Gasteiger partial charge on any atom is 0.147 e. The number of furan rings is 2. The number of aryl methyl sites for hydroxylation is 2. The Labute approximate surface area is 324 Å². The Morgan fingerprint density at radius 1 is 0.321 bits per heavy atom. The molecule has 0 aliphatic carbocycles. The van der Waals surface area contributed by atoms with Crippen LogP contribution in [0.25, 0.3) is 65.4 Å². The van der Waals surface area contributed by atoms with Crippen molar-refractivity contribution in [2.45, 2.75) is 13.8 Å². The van der Waals surface area contributed by atoms with Gasteiger partial charge < -0.3 is 18.6 Å². The maximum absolute atomic E-state index is 6.81. The zero-order chi connectivity index (χ0) is 37.3. The summed E-state index contributed by atoms with van der Waals surface area (Å²) in [5.41, 5.74) is 12.5. The number of hydrogen-bond donors (Lipinski definition) is 0. The van der Waals surface area contributed by atoms with Gasteiger partial charge in [0.15, 0.2) is 0 Å². The van der Waals surface area contributed by atoms with E-state index in [1.807, 2.05) is 0 Å². The molecule has 0 saturated heterocycles. The lowest BCUT2D eigenvalue weighted by Crippen LogP contribution is -2.09. The van der Waals surface area contributed by atoms with Gasteiger partial charge in [0.2, 0.25) is 0 Å². The number of hydrogen-bond acceptors (Lipinski definition) is 4. The topological polar surface area (TPSA) is 32.8 Å². The molecular weight excluding hydrogens is 685 g/mol. The number of fused-ring (bicyclic) bond motifs is 9. The summed E-state index contributed by atoms with van der Waals surface area (Å²) in [4.78, 5) is 4.60. The molecule has 0 fully saturated rings. The van der Waals surface area contributed by atoms with Gasteiger partial charge >= 0.3 is 0 Å². The summed E-state index contributed by atoms with van der Waals surface area (Å²) in [5.74, 6) is 0. The molecule has 9 aromatic carbocycles. The molecule has 4 heteroatoms. The Morgan fingerprint density at radius 2 is 0.786 bits per heavy atom. The van der Waals surface area contributed by atoms with Crippen molar-refractivity contribution in [3.05, 3.63) is 193 Å². The fraction of sp³-hybridized carbons (Fsp3) is 0.0385. The second-order valence-corrected chi connectivity index (χ2v) is 14.8. The maximum atomic E-state index is 6.81. The van der Waals surface area contributed by atoms with Crippen LogP contribution in [0, 0.1) is 13.8 Å². The van der Waals surface area contributed by atoms with Crippen molar-refractivity contribution < 1.29 is 8.83 Å². The summed E-state index contributed by atoms with van der Waals surface area (Å²) in [5, 5.41) is 8.76. The number of para-hydroxylation sites is 2. The highest BCUT2D eigenvalue weighted by Gasteiger charge is 2.20. The Hall–Kier alpha value is -7.30. The molecule has 56 heavy (non-hydrogen) atoms. The Bertz CT molecular complexity index is 3250. The third-order valence-electron chi connectivity index (χ3n) is 11.1. The van der Waals surface area contributed by atoms with Gasteiger partial charge in [-0.05, 0) is 145 Å². The Morgan fingerprint density at radius 3 is 1.32 bits per heavy atom. The van der Waals surface area contributed by atoms with Crippen LogP contribution in [0.5, 0.6) is 0 Å². The molecule has 4 nitrogen and oxygen atoms in total. The monoisotopic (exact) mass is 720 g/mol. The summed E-state index contributed by atoms with van der Waals surface area (Å²) in [6, 6.07) is 64.9. The van der Waals surface area contributed by atoms with E-state index in [1.54, 1.807) is 0 Å². The van der Waals surface area contributed by atoms with Crippen LogP contribution in [0.3, 0.4) is 0 Å². The van der Waals surface area contributed by atoms with Gasteiger partial charge in [-0.15, -0.1) is 0 Å². The second-order valence-electron chi connectivity index (χ2n) is 14.8. The van der Waals surface area contributed by atoms with E-state index in [-0.39, 0.29) is 0 Å². The van der Waals surface area contributed by atoms with Gasteiger partial charge in [0.1, 0.15) is 22.3 Å². The van der Waals surface area contributed by atoms with Crippen LogP contribution in [0.1, 0.15) is 11.1 Å². The highest BCUT2D eigenvalue weighted by molar-refractivity contribution is 6.24. The third kappa shape index (κ3) is 5.30. The van der Waals surface area contributed by atoms with Crippen molar-refractivity contribution >= 4 is 99.5 Å². The van der Waals surface area contributed by atoms with Crippen molar-refractivity contribution in [3.63, 3.8) is 0 Å². The molecule has 0 saturated carbocycles. The summed E-state index contributed by atoms with van der Waals surface area (Å²) in [6.45, 7) is 4.24. The molecule has 0 aliphatic heterocycles. The van der Waals surface area contributed by atoms with Gasteiger partial charge in [0.05, 0.1) is 5.39 Å². The van der Waals surface area contributed by atoms with E-state index in [1.165, 1.54) is 11.1 Å². The molecule has 0 atom stereocenters. The zero-order valence-electron chi connectivity index (χ0n) is 31.0. The first-order valence-electron chi connectivity index (χ1n) is 19.1. The summed E-state index contributed by atoms with van der Waals surface area (Å²) < 4.78 is 13.4. The predicted molar refractivity (Wildman–Crippen MR) is 235 cm³/mol. The van der Waals surface area contributed by atoms with E-state index in [4.69, 9.17) is 8.83 Å². The molecular formula is C52H36N2O2. The molecule has 11 rings (SSSR count). The molecule has 0 amide bonds. The van der Waals surface area contributed by atoms with Crippen molar-refractivity contribution in [2.75, 3.05) is 9.80 Å². The van der Waals surface area contributed by atoms with Crippen molar-refractivity contribution in [3.8, 4) is 0 Å². The lowest BCUT2D eigenvalue weighted by Gasteiger charge is -2.26. The highest BCUT2D eigenvalue weighted by atomic mass is 16.3. The molecule has 11 aromatic rings. The molecule has 0 aliphatic rings. The smallest absolute Gasteiger partial charge is 0.147 e. The van der Waals surface area contributed by atoms with Crippen molar-refractivity contribution in [1.29, 1.82) is 0 Å². The van der Waals surface area contributed by atoms with Crippen LogP contribution in [-0.2, 0) is 0 Å². The lowest BCUT2D eigenvalue weighted by molar-refractivity contribution is 0.663. The minimum Gasteiger partial charge on any atom is -0.456 e. The summed E-state index contributed by atoms with van der Waals surface area (Å²) in [6.07, 6.45) is 0. The Kier molecular flexibility index (Phi) is 7.26. The van der Waals surface area contributed by atoms with Crippen molar-refractivity contribution in [1.82, 2.24) is 0 Å². The van der Waals surface area contributed by atoms with E-state index < -0.39 is 0 Å². The van der Waals surface area contributed by atoms with E-state index in [2.05, 4.69) is 206 Å². The van der Waals surface area contributed by atoms with E-state index in [0.717, 1.165) is 99.5 Å². The van der Waals surface area contributed by atoms with Gasteiger partial charge in [-0.3, -0.25) is 0 Å². The van der Waals surface area contributed by atoms with Crippen molar-refractivity contribution in [2.24, 2.45) is 0 Å². The number of anilines is 6. The molecule has 0 N–H and O–H groups in total. The number of benzene rings is 9. The van der Waals surface area contributed by atoms with Crippen LogP contribution < -0.4 is 9.80 Å². The standard InChI is InChI=1S/C52H36N2O2/c1-33-13-19-41(20-14-33)53(39-9-5-3-6-10-39)43-23-17-35-29-46-45-25-26-48-51(52(45)56-49(46)31-37(35)27-43)47-30-36-18-24-44(28-38(36)32-50(47)55-48)54(40-11-7-4-8-12-40)42-21-15-34(2)16-22-42/h3-32H,1-2H3. The zero-order valence-corrected chi connectivity index (χ0v) is 31.0. The van der Waals surface area contributed by atoms with Gasteiger partial charge in [0, 0.05) is 50.3 Å². The first-order chi connectivity index (χ1) is 27.5. The van der Waals surface area contributed by atoms with Gasteiger partial charge in [-0.25, -0.2) is 0 Å². The first kappa shape index (κ1) is 32.2. The van der Waals surface area contributed by atoms with Crippen LogP contribution in [0.4, 0.5) is 34.1 Å². The summed E-state index contributed by atoms with van der Waals surface area (Å²) in [7, 11) is 0. The molecule has 266 valence electrons. The van der Waals surface area contributed by atoms with Crippen LogP contribution in [0.2, 0.25) is 0 Å². The SMILES string of the molecule is Cc1ccc(N(c2ccccc2)c2ccc3cc4c(cc3c2)oc2c4ccc3oc4cc5cc(N(c6ccccc6)c6ccc(C)cc6)ccc5cc4c32)cc1. The molecule has 0 spiro atoms. The third-order valence-corrected chi connectivity index (χ3v) is 11.1. The molecule has 0 unspecified atom stereocenters. The second kappa shape index (κ2) is 12.6. The minimum absolute atomic E-state index is 0.816. The van der Waals surface area contributed by atoms with Crippen LogP contribution in [-0.4, -0.2) is 0 Å². The average Bonchev–Trinajstić information content (AvgIpc) is 3.78. The number of nitrogens with zero attached hydrogens (tertiary/aromatic N) is 2. The predicted octanol–water partition coefficient (Wildman–Crippen LogP) is 15.3. The lowest BCUT2D eigenvalue weighted by atomic mass is 10.0. The van der Waals surface area contributed by atoms with Crippen LogP contribution >= 0.6 is 0 Å².